The number of likely N-dealkylation sites (tertiary alicyclic amines) is 1. The van der Waals surface area contributed by atoms with E-state index in [0.29, 0.717) is 0 Å². The van der Waals surface area contributed by atoms with E-state index >= 15 is 0 Å². The van der Waals surface area contributed by atoms with Crippen molar-refractivity contribution in [1.82, 2.24) is 4.90 Å². The van der Waals surface area contributed by atoms with Gasteiger partial charge in [0.1, 0.15) is 18.0 Å². The highest BCUT2D eigenvalue weighted by Gasteiger charge is 2.42. The van der Waals surface area contributed by atoms with E-state index in [9.17, 15) is 23.1 Å². The van der Waals surface area contributed by atoms with Crippen LogP contribution in [0, 0.1) is 5.82 Å². The number of aliphatic hydroxyl groups excluding tert-OH is 1. The highest BCUT2D eigenvalue weighted by atomic mass is 19.3. The molecule has 1 fully saturated rings. The van der Waals surface area contributed by atoms with Crippen LogP contribution >= 0.6 is 0 Å². The number of halogens is 3. The van der Waals surface area contributed by atoms with Gasteiger partial charge >= 0.3 is 0 Å². The molecule has 0 saturated carbocycles. The Bertz CT molecular complexity index is 493. The lowest BCUT2D eigenvalue weighted by molar-refractivity contribution is -0.135. The second kappa shape index (κ2) is 5.41. The Hall–Kier alpha value is -1.60. The number of alkyl halides is 2. The fraction of sp³-hybridized carbons (Fsp3) is 0.462. The van der Waals surface area contributed by atoms with Crippen molar-refractivity contribution in [3.63, 3.8) is 0 Å². The summed E-state index contributed by atoms with van der Waals surface area (Å²) in [7, 11) is 0. The summed E-state index contributed by atoms with van der Waals surface area (Å²) in [6, 6.07) is 3.49. The van der Waals surface area contributed by atoms with E-state index in [1.165, 1.54) is 12.1 Å². The molecule has 0 radical (unpaired) electrons. The third kappa shape index (κ3) is 3.10. The van der Waals surface area contributed by atoms with Crippen LogP contribution in [0.25, 0.3) is 0 Å². The monoisotopic (exact) mass is 288 g/mol. The van der Waals surface area contributed by atoms with Crippen molar-refractivity contribution in [2.24, 2.45) is 5.73 Å². The number of hydrogen-bond donors (Lipinski definition) is 2. The van der Waals surface area contributed by atoms with Gasteiger partial charge in [-0.05, 0) is 17.7 Å². The number of rotatable bonds is 3. The van der Waals surface area contributed by atoms with Crippen molar-refractivity contribution < 1.29 is 23.1 Å². The Morgan fingerprint density at radius 2 is 1.95 bits per heavy atom. The molecular weight excluding hydrogens is 273 g/mol. The lowest BCUT2D eigenvalue weighted by Crippen LogP contribution is -2.46. The van der Waals surface area contributed by atoms with Crippen molar-refractivity contribution >= 4 is 5.91 Å². The fourth-order valence-electron chi connectivity index (χ4n) is 2.14. The van der Waals surface area contributed by atoms with Crippen LogP contribution in [0.2, 0.25) is 0 Å². The maximum absolute atomic E-state index is 13.0. The molecule has 2 unspecified atom stereocenters. The topological polar surface area (TPSA) is 66.6 Å². The number of aliphatic hydroxyl groups is 1. The SMILES string of the molecule is NC(C(=O)N1CCC(F)(F)C1)C(O)c1ccc(F)cc1. The van der Waals surface area contributed by atoms with E-state index < -0.39 is 42.8 Å². The molecule has 1 aromatic carbocycles. The van der Waals surface area contributed by atoms with Crippen molar-refractivity contribution in [3.05, 3.63) is 35.6 Å². The van der Waals surface area contributed by atoms with Crippen LogP contribution in [0.5, 0.6) is 0 Å². The summed E-state index contributed by atoms with van der Waals surface area (Å²) in [6.07, 6.45) is -1.77. The number of benzene rings is 1. The number of hydrogen-bond acceptors (Lipinski definition) is 3. The molecule has 20 heavy (non-hydrogen) atoms. The van der Waals surface area contributed by atoms with Gasteiger partial charge in [0.2, 0.25) is 5.91 Å². The molecule has 1 aliphatic rings. The van der Waals surface area contributed by atoms with Gasteiger partial charge in [-0.2, -0.15) is 0 Å². The third-order valence-corrected chi connectivity index (χ3v) is 3.32. The van der Waals surface area contributed by atoms with Gasteiger partial charge in [-0.1, -0.05) is 12.1 Å². The Morgan fingerprint density at radius 3 is 2.45 bits per heavy atom. The van der Waals surface area contributed by atoms with E-state index in [4.69, 9.17) is 5.73 Å². The maximum atomic E-state index is 13.0. The van der Waals surface area contributed by atoms with Gasteiger partial charge in [0.15, 0.2) is 0 Å². The molecule has 1 heterocycles. The predicted molar refractivity (Wildman–Crippen MR) is 65.5 cm³/mol. The molecule has 0 aliphatic carbocycles. The zero-order chi connectivity index (χ0) is 14.9. The summed E-state index contributed by atoms with van der Waals surface area (Å²) in [6.45, 7) is -0.772. The number of amides is 1. The Labute approximate surface area is 114 Å². The van der Waals surface area contributed by atoms with Crippen LogP contribution in [0.3, 0.4) is 0 Å². The zero-order valence-electron chi connectivity index (χ0n) is 10.6. The second-order valence-electron chi connectivity index (χ2n) is 4.89. The van der Waals surface area contributed by atoms with Gasteiger partial charge in [-0.25, -0.2) is 13.2 Å². The third-order valence-electron chi connectivity index (χ3n) is 3.32. The lowest BCUT2D eigenvalue weighted by Gasteiger charge is -2.24. The van der Waals surface area contributed by atoms with Gasteiger partial charge in [0.05, 0.1) is 6.54 Å². The average Bonchev–Trinajstić information content (AvgIpc) is 2.77. The Kier molecular flexibility index (Phi) is 4.01. The largest absolute Gasteiger partial charge is 0.386 e. The molecule has 0 aromatic heterocycles. The van der Waals surface area contributed by atoms with E-state index in [1.807, 2.05) is 0 Å². The van der Waals surface area contributed by atoms with Crippen LogP contribution in [0.1, 0.15) is 18.1 Å². The number of nitrogens with two attached hydrogens (primary N) is 1. The number of carbonyl (C=O) groups excluding carboxylic acids is 1. The molecule has 1 aliphatic heterocycles. The molecule has 1 saturated heterocycles. The first-order valence-corrected chi connectivity index (χ1v) is 6.16. The molecule has 0 spiro atoms. The minimum Gasteiger partial charge on any atom is -0.386 e. The summed E-state index contributed by atoms with van der Waals surface area (Å²) in [4.78, 5) is 12.9. The van der Waals surface area contributed by atoms with E-state index in [-0.39, 0.29) is 12.1 Å². The van der Waals surface area contributed by atoms with E-state index in [1.54, 1.807) is 0 Å². The number of carbonyl (C=O) groups is 1. The van der Waals surface area contributed by atoms with Gasteiger partial charge in [-0.15, -0.1) is 0 Å². The van der Waals surface area contributed by atoms with Gasteiger partial charge in [-0.3, -0.25) is 4.79 Å². The van der Waals surface area contributed by atoms with Crippen LogP contribution in [0.4, 0.5) is 13.2 Å². The first kappa shape index (κ1) is 14.8. The van der Waals surface area contributed by atoms with Crippen LogP contribution in [-0.4, -0.2) is 41.0 Å². The first-order valence-electron chi connectivity index (χ1n) is 6.16. The van der Waals surface area contributed by atoms with Crippen LogP contribution < -0.4 is 5.73 Å². The molecule has 0 bridgehead atoms. The second-order valence-corrected chi connectivity index (χ2v) is 4.89. The normalized spacial score (nSPS) is 20.8. The summed E-state index contributed by atoms with van der Waals surface area (Å²) in [5.41, 5.74) is 5.88. The molecular formula is C13H15F3N2O2. The molecule has 1 amide bonds. The van der Waals surface area contributed by atoms with E-state index in [0.717, 1.165) is 17.0 Å². The molecule has 7 heteroatoms. The van der Waals surface area contributed by atoms with Gasteiger partial charge in [0.25, 0.3) is 5.92 Å². The standard InChI is InChI=1S/C13H15F3N2O2/c14-9-3-1-8(2-4-9)11(19)10(17)12(20)18-6-5-13(15,16)7-18/h1-4,10-11,19H,5-7,17H2. The molecule has 4 nitrogen and oxygen atoms in total. The predicted octanol–water partition coefficient (Wildman–Crippen LogP) is 1.05. The Balaban J connectivity index is 2.05. The summed E-state index contributed by atoms with van der Waals surface area (Å²) >= 11 is 0. The van der Waals surface area contributed by atoms with Crippen LogP contribution in [-0.2, 0) is 4.79 Å². The van der Waals surface area contributed by atoms with Crippen molar-refractivity contribution in [3.8, 4) is 0 Å². The van der Waals surface area contributed by atoms with E-state index in [2.05, 4.69) is 0 Å². The molecule has 110 valence electrons. The zero-order valence-corrected chi connectivity index (χ0v) is 10.6. The summed E-state index contributed by atoms with van der Waals surface area (Å²) in [5, 5.41) is 9.96. The molecule has 1 aromatic rings. The molecule has 2 rings (SSSR count). The molecule has 2 atom stereocenters. The van der Waals surface area contributed by atoms with Crippen molar-refractivity contribution in [2.75, 3.05) is 13.1 Å². The first-order chi connectivity index (χ1) is 9.30. The van der Waals surface area contributed by atoms with Crippen molar-refractivity contribution in [1.29, 1.82) is 0 Å². The summed E-state index contributed by atoms with van der Waals surface area (Å²) in [5.74, 6) is -4.13. The fourth-order valence-corrected chi connectivity index (χ4v) is 2.14. The number of nitrogens with zero attached hydrogens (tertiary/aromatic N) is 1. The van der Waals surface area contributed by atoms with Gasteiger partial charge < -0.3 is 15.7 Å². The van der Waals surface area contributed by atoms with Gasteiger partial charge in [0, 0.05) is 13.0 Å². The highest BCUT2D eigenvalue weighted by Crippen LogP contribution is 2.28. The highest BCUT2D eigenvalue weighted by molar-refractivity contribution is 5.82. The minimum atomic E-state index is -2.91. The summed E-state index contributed by atoms with van der Waals surface area (Å²) < 4.78 is 38.9. The van der Waals surface area contributed by atoms with Crippen molar-refractivity contribution in [2.45, 2.75) is 24.5 Å². The average molecular weight is 288 g/mol. The smallest absolute Gasteiger partial charge is 0.267 e. The minimum absolute atomic E-state index is 0.0876. The molecule has 3 N–H and O–H groups in total. The Morgan fingerprint density at radius 1 is 1.35 bits per heavy atom. The quantitative estimate of drug-likeness (QED) is 0.874. The van der Waals surface area contributed by atoms with Crippen LogP contribution in [0.15, 0.2) is 24.3 Å². The lowest BCUT2D eigenvalue weighted by atomic mass is 10.0. The maximum Gasteiger partial charge on any atom is 0.267 e.